The van der Waals surface area contributed by atoms with Crippen molar-refractivity contribution in [2.24, 2.45) is 11.8 Å². The van der Waals surface area contributed by atoms with Crippen molar-refractivity contribution >= 4 is 11.5 Å². The Morgan fingerprint density at radius 1 is 1.47 bits per heavy atom. The first-order valence-electron chi connectivity index (χ1n) is 5.76. The van der Waals surface area contributed by atoms with Crippen LogP contribution in [-0.4, -0.2) is 15.6 Å². The third-order valence-electron chi connectivity index (χ3n) is 3.66. The van der Waals surface area contributed by atoms with E-state index in [0.29, 0.717) is 6.04 Å². The van der Waals surface area contributed by atoms with Crippen LogP contribution in [-0.2, 0) is 6.54 Å². The molecule has 1 aliphatic carbocycles. The fraction of sp³-hybridized carbons (Fsp3) is 0.818. The highest BCUT2D eigenvalue weighted by Gasteiger charge is 2.26. The van der Waals surface area contributed by atoms with Gasteiger partial charge in [-0.3, -0.25) is 0 Å². The van der Waals surface area contributed by atoms with Crippen LogP contribution in [0.3, 0.4) is 0 Å². The molecule has 1 aliphatic rings. The first kappa shape index (κ1) is 11.0. The monoisotopic (exact) mass is 225 g/mol. The summed E-state index contributed by atoms with van der Waals surface area (Å²) in [5.74, 6) is 1.63. The lowest BCUT2D eigenvalue weighted by Gasteiger charge is -2.34. The normalized spacial score (nSPS) is 31.7. The Balaban J connectivity index is 1.83. The molecule has 0 radical (unpaired) electrons. The minimum absolute atomic E-state index is 0.662. The van der Waals surface area contributed by atoms with Crippen LogP contribution in [0, 0.1) is 11.8 Å². The fourth-order valence-corrected chi connectivity index (χ4v) is 2.82. The molecule has 1 fully saturated rings. The first-order valence-corrected chi connectivity index (χ1v) is 6.60. The summed E-state index contributed by atoms with van der Waals surface area (Å²) in [7, 11) is 0. The fourth-order valence-electron chi connectivity index (χ4n) is 2.37. The molecule has 2 rings (SSSR count). The van der Waals surface area contributed by atoms with Crippen molar-refractivity contribution in [3.8, 4) is 0 Å². The third kappa shape index (κ3) is 2.75. The van der Waals surface area contributed by atoms with E-state index in [1.54, 1.807) is 0 Å². The number of hydrogen-bond acceptors (Lipinski definition) is 4. The van der Waals surface area contributed by atoms with E-state index in [1.807, 2.05) is 5.38 Å². The average Bonchev–Trinajstić information content (AvgIpc) is 2.73. The van der Waals surface area contributed by atoms with Crippen molar-refractivity contribution in [2.45, 2.75) is 45.7 Å². The van der Waals surface area contributed by atoms with Gasteiger partial charge in [-0.1, -0.05) is 31.2 Å². The van der Waals surface area contributed by atoms with Gasteiger partial charge >= 0.3 is 0 Å². The van der Waals surface area contributed by atoms with Crippen LogP contribution in [0.4, 0.5) is 0 Å². The predicted molar refractivity (Wildman–Crippen MR) is 62.7 cm³/mol. The van der Waals surface area contributed by atoms with Gasteiger partial charge in [0.15, 0.2) is 0 Å². The molecule has 1 saturated carbocycles. The molecule has 0 aromatic carbocycles. The number of rotatable bonds is 3. The van der Waals surface area contributed by atoms with Crippen molar-refractivity contribution in [3.05, 3.63) is 11.1 Å². The van der Waals surface area contributed by atoms with Crippen LogP contribution in [0.5, 0.6) is 0 Å². The number of nitrogens with zero attached hydrogens (tertiary/aromatic N) is 2. The maximum absolute atomic E-state index is 4.05. The Morgan fingerprint density at radius 2 is 2.33 bits per heavy atom. The third-order valence-corrected chi connectivity index (χ3v) is 4.21. The Kier molecular flexibility index (Phi) is 3.70. The van der Waals surface area contributed by atoms with Crippen LogP contribution in [0.15, 0.2) is 5.38 Å². The lowest BCUT2D eigenvalue weighted by molar-refractivity contribution is 0.205. The summed E-state index contributed by atoms with van der Waals surface area (Å²) in [6.07, 6.45) is 4.05. The van der Waals surface area contributed by atoms with E-state index in [9.17, 15) is 0 Å². The molecule has 0 bridgehead atoms. The molecule has 0 amide bonds. The lowest BCUT2D eigenvalue weighted by Crippen LogP contribution is -2.40. The summed E-state index contributed by atoms with van der Waals surface area (Å²) in [5, 5.41) is 9.68. The second-order valence-electron chi connectivity index (χ2n) is 4.65. The van der Waals surface area contributed by atoms with Crippen molar-refractivity contribution in [1.82, 2.24) is 14.9 Å². The van der Waals surface area contributed by atoms with E-state index in [1.165, 1.54) is 30.8 Å². The molecule has 3 atom stereocenters. The SMILES string of the molecule is C[C@@H]1[C@@H](C)CCC[C@H]1NCc1csnn1. The van der Waals surface area contributed by atoms with Gasteiger partial charge in [0.1, 0.15) is 0 Å². The first-order chi connectivity index (χ1) is 7.27. The van der Waals surface area contributed by atoms with E-state index in [2.05, 4.69) is 28.8 Å². The quantitative estimate of drug-likeness (QED) is 0.858. The average molecular weight is 225 g/mol. The Hall–Kier alpha value is -0.480. The van der Waals surface area contributed by atoms with Gasteiger partial charge < -0.3 is 5.32 Å². The van der Waals surface area contributed by atoms with E-state index < -0.39 is 0 Å². The van der Waals surface area contributed by atoms with Crippen LogP contribution >= 0.6 is 11.5 Å². The van der Waals surface area contributed by atoms with E-state index in [4.69, 9.17) is 0 Å². The van der Waals surface area contributed by atoms with Crippen LogP contribution in [0.2, 0.25) is 0 Å². The van der Waals surface area contributed by atoms with E-state index >= 15 is 0 Å². The molecular weight excluding hydrogens is 206 g/mol. The molecule has 4 heteroatoms. The van der Waals surface area contributed by atoms with Crippen molar-refractivity contribution in [3.63, 3.8) is 0 Å². The zero-order valence-corrected chi connectivity index (χ0v) is 10.3. The van der Waals surface area contributed by atoms with Gasteiger partial charge in [0.25, 0.3) is 0 Å². The van der Waals surface area contributed by atoms with Crippen molar-refractivity contribution in [2.75, 3.05) is 0 Å². The standard InChI is InChI=1S/C11H19N3S/c1-8-4-3-5-11(9(8)2)12-6-10-7-15-14-13-10/h7-9,11-12H,3-6H2,1-2H3/t8-,9+,11+/m0/s1. The van der Waals surface area contributed by atoms with Gasteiger partial charge in [-0.2, -0.15) is 0 Å². The molecule has 3 nitrogen and oxygen atoms in total. The molecule has 0 saturated heterocycles. The van der Waals surface area contributed by atoms with Crippen molar-refractivity contribution in [1.29, 1.82) is 0 Å². The number of nitrogens with one attached hydrogen (secondary N) is 1. The zero-order chi connectivity index (χ0) is 10.7. The summed E-state index contributed by atoms with van der Waals surface area (Å²) in [6.45, 7) is 5.60. The Labute approximate surface area is 95.4 Å². The second kappa shape index (κ2) is 5.03. The maximum Gasteiger partial charge on any atom is 0.0893 e. The predicted octanol–water partition coefficient (Wildman–Crippen LogP) is 2.45. The Morgan fingerprint density at radius 3 is 3.07 bits per heavy atom. The largest absolute Gasteiger partial charge is 0.308 e. The Bertz CT molecular complexity index is 286. The van der Waals surface area contributed by atoms with Crippen molar-refractivity contribution < 1.29 is 0 Å². The highest BCUT2D eigenvalue weighted by atomic mass is 32.1. The summed E-state index contributed by atoms with van der Waals surface area (Å²) < 4.78 is 3.87. The van der Waals surface area contributed by atoms with Gasteiger partial charge in [-0.25, -0.2) is 0 Å². The zero-order valence-electron chi connectivity index (χ0n) is 9.44. The van der Waals surface area contributed by atoms with Crippen LogP contribution < -0.4 is 5.32 Å². The van der Waals surface area contributed by atoms with Gasteiger partial charge in [0.05, 0.1) is 5.69 Å². The maximum atomic E-state index is 4.05. The van der Waals surface area contributed by atoms with Gasteiger partial charge in [-0.15, -0.1) is 5.10 Å². The molecule has 84 valence electrons. The molecule has 1 aromatic rings. The van der Waals surface area contributed by atoms with E-state index in [0.717, 1.165) is 24.1 Å². The molecule has 1 heterocycles. The lowest BCUT2D eigenvalue weighted by atomic mass is 9.78. The minimum atomic E-state index is 0.662. The summed E-state index contributed by atoms with van der Waals surface area (Å²) in [5.41, 5.74) is 1.07. The minimum Gasteiger partial charge on any atom is -0.308 e. The van der Waals surface area contributed by atoms with E-state index in [-0.39, 0.29) is 0 Å². The van der Waals surface area contributed by atoms with Crippen LogP contribution in [0.1, 0.15) is 38.8 Å². The summed E-state index contributed by atoms with van der Waals surface area (Å²) in [6, 6.07) is 0.662. The molecule has 15 heavy (non-hydrogen) atoms. The highest BCUT2D eigenvalue weighted by molar-refractivity contribution is 7.03. The second-order valence-corrected chi connectivity index (χ2v) is 5.26. The van der Waals surface area contributed by atoms with Crippen LogP contribution in [0.25, 0.3) is 0 Å². The van der Waals surface area contributed by atoms with Gasteiger partial charge in [0, 0.05) is 18.0 Å². The molecule has 0 aliphatic heterocycles. The topological polar surface area (TPSA) is 37.8 Å². The summed E-state index contributed by atoms with van der Waals surface area (Å²) >= 11 is 1.43. The molecule has 1 N–H and O–H groups in total. The molecule has 0 unspecified atom stereocenters. The number of hydrogen-bond donors (Lipinski definition) is 1. The summed E-state index contributed by atoms with van der Waals surface area (Å²) in [4.78, 5) is 0. The number of aromatic nitrogens is 2. The smallest absolute Gasteiger partial charge is 0.0893 e. The molecular formula is C11H19N3S. The highest BCUT2D eigenvalue weighted by Crippen LogP contribution is 2.29. The van der Waals surface area contributed by atoms with Gasteiger partial charge in [0.2, 0.25) is 0 Å². The molecule has 0 spiro atoms. The van der Waals surface area contributed by atoms with Gasteiger partial charge in [-0.05, 0) is 29.8 Å². The molecule has 1 aromatic heterocycles.